The highest BCUT2D eigenvalue weighted by molar-refractivity contribution is 7.12. The lowest BCUT2D eigenvalue weighted by atomic mass is 10.0. The Balaban J connectivity index is 1.33. The van der Waals surface area contributed by atoms with Crippen molar-refractivity contribution in [3.8, 4) is 0 Å². The van der Waals surface area contributed by atoms with Gasteiger partial charge in [-0.3, -0.25) is 9.89 Å². The number of rotatable bonds is 6. The van der Waals surface area contributed by atoms with Crippen LogP contribution in [0.2, 0.25) is 0 Å². The van der Waals surface area contributed by atoms with E-state index in [1.54, 1.807) is 0 Å². The van der Waals surface area contributed by atoms with Crippen LogP contribution in [-0.4, -0.2) is 27.4 Å². The topological polar surface area (TPSA) is 49.0 Å². The van der Waals surface area contributed by atoms with E-state index in [0.717, 1.165) is 34.7 Å². The van der Waals surface area contributed by atoms with Gasteiger partial charge in [-0.1, -0.05) is 54.6 Å². The van der Waals surface area contributed by atoms with E-state index >= 15 is 0 Å². The van der Waals surface area contributed by atoms with Gasteiger partial charge in [-0.2, -0.15) is 5.10 Å². The minimum absolute atomic E-state index is 0.130. The summed E-state index contributed by atoms with van der Waals surface area (Å²) >= 11 is 1.48. The molecule has 0 saturated heterocycles. The zero-order chi connectivity index (χ0) is 20.3. The van der Waals surface area contributed by atoms with E-state index in [9.17, 15) is 4.79 Å². The summed E-state index contributed by atoms with van der Waals surface area (Å²) in [5.41, 5.74) is 4.40. The Hall–Kier alpha value is -3.44. The summed E-state index contributed by atoms with van der Waals surface area (Å²) in [6.45, 7) is 0.341. The molecule has 0 bridgehead atoms. The van der Waals surface area contributed by atoms with Gasteiger partial charge >= 0.3 is 0 Å². The monoisotopic (exact) mass is 411 g/mol. The Bertz CT molecular complexity index is 1250. The van der Waals surface area contributed by atoms with Gasteiger partial charge in [0.15, 0.2) is 5.78 Å². The van der Waals surface area contributed by atoms with Crippen molar-refractivity contribution in [3.63, 3.8) is 0 Å². The van der Waals surface area contributed by atoms with Crippen molar-refractivity contribution in [1.82, 2.24) is 15.1 Å². The number of carbonyl (C=O) groups is 1. The highest BCUT2D eigenvalue weighted by atomic mass is 32.1. The molecule has 1 N–H and O–H groups in total. The summed E-state index contributed by atoms with van der Waals surface area (Å²) in [7, 11) is 0. The minimum Gasteiger partial charge on any atom is -0.346 e. The summed E-state index contributed by atoms with van der Waals surface area (Å²) in [5.74, 6) is 0.130. The number of thiophene rings is 1. The standard InChI is InChI=1S/C25H21N3OS/c29-24(25-11-5-13-30-25)17-28-12-4-9-20(16-28)23-15-21(26-27-23)14-19-8-3-7-18-6-1-2-10-22(18)19/h1-8,10-13,15-16H,9,14,17H2,(H,26,27). The smallest absolute Gasteiger partial charge is 0.192 e. The van der Waals surface area contributed by atoms with Gasteiger partial charge in [0.25, 0.3) is 0 Å². The molecule has 0 amide bonds. The fourth-order valence-corrected chi connectivity index (χ4v) is 4.49. The van der Waals surface area contributed by atoms with Gasteiger partial charge in [-0.15, -0.1) is 11.3 Å². The van der Waals surface area contributed by atoms with Gasteiger partial charge in [0, 0.05) is 24.5 Å². The molecule has 3 heterocycles. The van der Waals surface area contributed by atoms with Crippen LogP contribution in [0.5, 0.6) is 0 Å². The second-order valence-corrected chi connectivity index (χ2v) is 8.36. The first-order chi connectivity index (χ1) is 14.8. The van der Waals surface area contributed by atoms with Crippen LogP contribution >= 0.6 is 11.3 Å². The molecular formula is C25H21N3OS. The third-order valence-corrected chi connectivity index (χ3v) is 6.21. The van der Waals surface area contributed by atoms with Crippen molar-refractivity contribution in [2.75, 3.05) is 6.54 Å². The quantitative estimate of drug-likeness (QED) is 0.417. The first-order valence-electron chi connectivity index (χ1n) is 9.97. The zero-order valence-corrected chi connectivity index (χ0v) is 17.2. The summed E-state index contributed by atoms with van der Waals surface area (Å²) < 4.78 is 0. The fraction of sp³-hybridized carbons (Fsp3) is 0.120. The molecule has 4 nitrogen and oxygen atoms in total. The second-order valence-electron chi connectivity index (χ2n) is 7.41. The van der Waals surface area contributed by atoms with E-state index in [2.05, 4.69) is 64.8 Å². The minimum atomic E-state index is 0.130. The third-order valence-electron chi connectivity index (χ3n) is 5.30. The van der Waals surface area contributed by atoms with Crippen LogP contribution in [0.1, 0.15) is 33.0 Å². The molecule has 5 heteroatoms. The Morgan fingerprint density at radius 3 is 2.90 bits per heavy atom. The van der Waals surface area contributed by atoms with Gasteiger partial charge in [-0.25, -0.2) is 0 Å². The molecule has 2 aromatic carbocycles. The summed E-state index contributed by atoms with van der Waals surface area (Å²) in [6, 6.07) is 20.8. The van der Waals surface area contributed by atoms with Crippen LogP contribution in [0.15, 0.2) is 84.5 Å². The highest BCUT2D eigenvalue weighted by Gasteiger charge is 2.15. The number of allylic oxidation sites excluding steroid dienone is 2. The lowest BCUT2D eigenvalue weighted by Crippen LogP contribution is -2.21. The molecule has 0 fully saturated rings. The number of hydrogen-bond donors (Lipinski definition) is 1. The Morgan fingerprint density at radius 1 is 1.10 bits per heavy atom. The van der Waals surface area contributed by atoms with E-state index in [-0.39, 0.29) is 5.78 Å². The highest BCUT2D eigenvalue weighted by Crippen LogP contribution is 2.25. The molecule has 30 heavy (non-hydrogen) atoms. The molecule has 0 saturated carbocycles. The lowest BCUT2D eigenvalue weighted by Gasteiger charge is -2.19. The number of hydrogen-bond acceptors (Lipinski definition) is 4. The maximum Gasteiger partial charge on any atom is 0.192 e. The van der Waals surface area contributed by atoms with Crippen molar-refractivity contribution in [2.45, 2.75) is 12.8 Å². The Labute approximate surface area is 179 Å². The van der Waals surface area contributed by atoms with Crippen LogP contribution in [0.25, 0.3) is 16.3 Å². The van der Waals surface area contributed by atoms with Crippen LogP contribution in [0.3, 0.4) is 0 Å². The normalized spacial score (nSPS) is 13.6. The zero-order valence-electron chi connectivity index (χ0n) is 16.4. The van der Waals surface area contributed by atoms with E-state index in [1.165, 1.54) is 27.7 Å². The van der Waals surface area contributed by atoms with E-state index in [4.69, 9.17) is 0 Å². The number of benzene rings is 2. The average Bonchev–Trinajstić information content (AvgIpc) is 3.47. The second kappa shape index (κ2) is 8.13. The molecule has 5 rings (SSSR count). The Morgan fingerprint density at radius 2 is 2.00 bits per heavy atom. The summed E-state index contributed by atoms with van der Waals surface area (Å²) in [5, 5.41) is 12.2. The van der Waals surface area contributed by atoms with E-state index in [0.29, 0.717) is 6.54 Å². The number of fused-ring (bicyclic) bond motifs is 1. The number of carbonyl (C=O) groups excluding carboxylic acids is 1. The number of Topliss-reactive ketones (excluding diaryl/α,β-unsaturated/α-hetero) is 1. The van der Waals surface area contributed by atoms with Gasteiger partial charge in [-0.05, 0) is 45.8 Å². The Kier molecular flexibility index (Phi) is 5.03. The van der Waals surface area contributed by atoms with Gasteiger partial charge < -0.3 is 4.90 Å². The summed E-state index contributed by atoms with van der Waals surface area (Å²) in [4.78, 5) is 15.2. The van der Waals surface area contributed by atoms with Crippen molar-refractivity contribution >= 4 is 33.5 Å². The van der Waals surface area contributed by atoms with Crippen molar-refractivity contribution in [2.24, 2.45) is 0 Å². The molecule has 0 unspecified atom stereocenters. The lowest BCUT2D eigenvalue weighted by molar-refractivity contribution is 0.0973. The number of aromatic amines is 1. The molecule has 0 radical (unpaired) electrons. The van der Waals surface area contributed by atoms with Gasteiger partial charge in [0.2, 0.25) is 0 Å². The maximum atomic E-state index is 12.4. The molecule has 1 aliphatic heterocycles. The van der Waals surface area contributed by atoms with E-state index in [1.807, 2.05) is 34.8 Å². The van der Waals surface area contributed by atoms with Crippen LogP contribution in [-0.2, 0) is 6.42 Å². The SMILES string of the molecule is O=C(CN1C=CCC(c2cc(Cc3cccc4ccccc34)[nH]n2)=C1)c1cccs1. The number of aromatic nitrogens is 2. The first kappa shape index (κ1) is 18.6. The molecule has 0 atom stereocenters. The molecule has 4 aromatic rings. The van der Waals surface area contributed by atoms with Crippen molar-refractivity contribution in [1.29, 1.82) is 0 Å². The van der Waals surface area contributed by atoms with Gasteiger partial charge in [0.1, 0.15) is 0 Å². The number of ketones is 1. The largest absolute Gasteiger partial charge is 0.346 e. The number of nitrogens with zero attached hydrogens (tertiary/aromatic N) is 2. The first-order valence-corrected chi connectivity index (χ1v) is 10.9. The van der Waals surface area contributed by atoms with Crippen molar-refractivity contribution < 1.29 is 4.79 Å². The average molecular weight is 412 g/mol. The predicted molar refractivity (Wildman–Crippen MR) is 122 cm³/mol. The third kappa shape index (κ3) is 3.84. The molecule has 0 spiro atoms. The summed E-state index contributed by atoms with van der Waals surface area (Å²) in [6.07, 6.45) is 7.69. The number of nitrogens with one attached hydrogen (secondary N) is 1. The van der Waals surface area contributed by atoms with Crippen LogP contribution < -0.4 is 0 Å². The van der Waals surface area contributed by atoms with E-state index < -0.39 is 0 Å². The van der Waals surface area contributed by atoms with Gasteiger partial charge in [0.05, 0.1) is 17.1 Å². The fourth-order valence-electron chi connectivity index (χ4n) is 3.83. The molecule has 2 aromatic heterocycles. The molecular weight excluding hydrogens is 390 g/mol. The van der Waals surface area contributed by atoms with Crippen LogP contribution in [0, 0.1) is 0 Å². The van der Waals surface area contributed by atoms with Crippen molar-refractivity contribution in [3.05, 3.63) is 106 Å². The molecule has 0 aliphatic carbocycles. The number of H-pyrrole nitrogens is 1. The predicted octanol–water partition coefficient (Wildman–Crippen LogP) is 5.66. The van der Waals surface area contributed by atoms with Crippen LogP contribution in [0.4, 0.5) is 0 Å². The molecule has 1 aliphatic rings. The molecule has 148 valence electrons. The maximum absolute atomic E-state index is 12.4.